The average molecular weight is 155 g/mol. The molecule has 0 bridgehead atoms. The van der Waals surface area contributed by atoms with Crippen molar-refractivity contribution in [2.45, 2.75) is 0 Å². The lowest BCUT2D eigenvalue weighted by Gasteiger charge is -2.05. The van der Waals surface area contributed by atoms with E-state index in [0.717, 1.165) is 0 Å². The lowest BCUT2D eigenvalue weighted by atomic mass is 10.5. The molecule has 0 spiro atoms. The van der Waals surface area contributed by atoms with Crippen LogP contribution in [0.1, 0.15) is 10.5 Å². The summed E-state index contributed by atoms with van der Waals surface area (Å²) >= 11 is 0. The van der Waals surface area contributed by atoms with Gasteiger partial charge in [-0.25, -0.2) is 9.78 Å². The summed E-state index contributed by atoms with van der Waals surface area (Å²) in [6.45, 7) is 0. The molecule has 0 saturated heterocycles. The second-order valence-electron chi connectivity index (χ2n) is 2.32. The number of carboxylic acid groups (broad SMARTS) is 1. The molecule has 0 radical (unpaired) electrons. The second-order valence-corrected chi connectivity index (χ2v) is 2.32. The fourth-order valence-electron chi connectivity index (χ4n) is 0.647. The first-order chi connectivity index (χ1) is 5.11. The van der Waals surface area contributed by atoms with Crippen molar-refractivity contribution in [1.82, 2.24) is 9.97 Å². The molecule has 1 aromatic rings. The van der Waals surface area contributed by atoms with Crippen LogP contribution in [0.3, 0.4) is 0 Å². The number of nitrogens with one attached hydrogen (secondary N) is 1. The summed E-state index contributed by atoms with van der Waals surface area (Å²) in [6, 6.07) is 0. The Balaban J connectivity index is 2.90. The third-order valence-corrected chi connectivity index (χ3v) is 1.22. The zero-order chi connectivity index (χ0) is 8.43. The van der Waals surface area contributed by atoms with Crippen LogP contribution >= 0.6 is 0 Å². The fraction of sp³-hybridized carbons (Fsp3) is 0.333. The highest BCUT2D eigenvalue weighted by Crippen LogP contribution is 2.04. The first kappa shape index (κ1) is 7.59. The number of anilines is 1. The highest BCUT2D eigenvalue weighted by atomic mass is 16.4. The summed E-state index contributed by atoms with van der Waals surface area (Å²) < 4.78 is 0. The van der Waals surface area contributed by atoms with E-state index in [1.807, 2.05) is 0 Å². The molecule has 2 N–H and O–H groups in total. The SMILES string of the molecule is CN(C)c1ncc(C(=O)O)[nH]1. The third kappa shape index (κ3) is 1.49. The van der Waals surface area contributed by atoms with Gasteiger partial charge in [-0.05, 0) is 0 Å². The molecule has 0 aromatic carbocycles. The molecule has 0 aliphatic carbocycles. The van der Waals surface area contributed by atoms with Gasteiger partial charge in [-0.1, -0.05) is 0 Å². The lowest BCUT2D eigenvalue weighted by Crippen LogP contribution is -2.10. The number of aromatic carboxylic acids is 1. The van der Waals surface area contributed by atoms with Crippen molar-refractivity contribution in [3.05, 3.63) is 11.9 Å². The van der Waals surface area contributed by atoms with Gasteiger partial charge in [-0.3, -0.25) is 0 Å². The van der Waals surface area contributed by atoms with Crippen molar-refractivity contribution in [3.63, 3.8) is 0 Å². The van der Waals surface area contributed by atoms with Gasteiger partial charge >= 0.3 is 5.97 Å². The minimum Gasteiger partial charge on any atom is -0.477 e. The summed E-state index contributed by atoms with van der Waals surface area (Å²) in [5.74, 6) is -0.451. The molecule has 1 aromatic heterocycles. The number of aromatic amines is 1. The van der Waals surface area contributed by atoms with Gasteiger partial charge in [-0.15, -0.1) is 0 Å². The molecular formula is C6H9N3O2. The van der Waals surface area contributed by atoms with Crippen LogP contribution in [0.5, 0.6) is 0 Å². The number of carbonyl (C=O) groups is 1. The predicted octanol–water partition coefficient (Wildman–Crippen LogP) is 0.174. The number of aromatic nitrogens is 2. The van der Waals surface area contributed by atoms with Crippen LogP contribution in [-0.4, -0.2) is 35.1 Å². The highest BCUT2D eigenvalue weighted by Gasteiger charge is 2.07. The van der Waals surface area contributed by atoms with Crippen LogP contribution in [0.4, 0.5) is 5.95 Å². The normalized spacial score (nSPS) is 9.64. The third-order valence-electron chi connectivity index (χ3n) is 1.22. The fourth-order valence-corrected chi connectivity index (χ4v) is 0.647. The Morgan fingerprint density at radius 3 is 2.64 bits per heavy atom. The van der Waals surface area contributed by atoms with Crippen LogP contribution in [0, 0.1) is 0 Å². The van der Waals surface area contributed by atoms with E-state index in [4.69, 9.17) is 5.11 Å². The number of hydrogen-bond donors (Lipinski definition) is 2. The molecule has 5 heteroatoms. The Bertz CT molecular complexity index is 267. The molecule has 0 aliphatic heterocycles. The molecule has 0 amide bonds. The van der Waals surface area contributed by atoms with E-state index < -0.39 is 5.97 Å². The van der Waals surface area contributed by atoms with Gasteiger partial charge in [0.05, 0.1) is 6.20 Å². The number of imidazole rings is 1. The van der Waals surface area contributed by atoms with Crippen molar-refractivity contribution < 1.29 is 9.90 Å². The van der Waals surface area contributed by atoms with Gasteiger partial charge in [-0.2, -0.15) is 0 Å². The molecule has 60 valence electrons. The summed E-state index contributed by atoms with van der Waals surface area (Å²) in [5, 5.41) is 8.49. The summed E-state index contributed by atoms with van der Waals surface area (Å²) in [7, 11) is 3.56. The van der Waals surface area contributed by atoms with Gasteiger partial charge < -0.3 is 15.0 Å². The van der Waals surface area contributed by atoms with E-state index in [1.54, 1.807) is 19.0 Å². The summed E-state index contributed by atoms with van der Waals surface area (Å²) in [4.78, 5) is 18.5. The standard InChI is InChI=1S/C6H9N3O2/c1-9(2)6-7-3-4(8-6)5(10)11/h3H,1-2H3,(H,7,8)(H,10,11). The van der Waals surface area contributed by atoms with E-state index in [1.165, 1.54) is 6.20 Å². The Morgan fingerprint density at radius 2 is 2.36 bits per heavy atom. The second kappa shape index (κ2) is 2.61. The molecule has 5 nitrogen and oxygen atoms in total. The van der Waals surface area contributed by atoms with E-state index in [9.17, 15) is 4.79 Å². The molecule has 0 saturated carbocycles. The lowest BCUT2D eigenvalue weighted by molar-refractivity contribution is 0.0691. The number of rotatable bonds is 2. The van der Waals surface area contributed by atoms with E-state index >= 15 is 0 Å². The van der Waals surface area contributed by atoms with Gasteiger partial charge in [0, 0.05) is 14.1 Å². The van der Waals surface area contributed by atoms with Crippen molar-refractivity contribution in [2.75, 3.05) is 19.0 Å². The molecular weight excluding hydrogens is 146 g/mol. The van der Waals surface area contributed by atoms with E-state index in [-0.39, 0.29) is 5.69 Å². The minimum absolute atomic E-state index is 0.105. The number of hydrogen-bond acceptors (Lipinski definition) is 3. The van der Waals surface area contributed by atoms with Gasteiger partial charge in [0.2, 0.25) is 5.95 Å². The first-order valence-electron chi connectivity index (χ1n) is 3.07. The maximum absolute atomic E-state index is 10.3. The maximum Gasteiger partial charge on any atom is 0.354 e. The minimum atomic E-state index is -0.995. The summed E-state index contributed by atoms with van der Waals surface area (Å²) in [6.07, 6.45) is 1.29. The smallest absolute Gasteiger partial charge is 0.354 e. The Labute approximate surface area is 63.7 Å². The molecule has 0 fully saturated rings. The zero-order valence-corrected chi connectivity index (χ0v) is 6.33. The first-order valence-corrected chi connectivity index (χ1v) is 3.07. The molecule has 1 rings (SSSR count). The number of carboxylic acids is 1. The Morgan fingerprint density at radius 1 is 1.73 bits per heavy atom. The summed E-state index contributed by atoms with van der Waals surface area (Å²) in [5.41, 5.74) is 0.105. The largest absolute Gasteiger partial charge is 0.477 e. The zero-order valence-electron chi connectivity index (χ0n) is 6.33. The number of H-pyrrole nitrogens is 1. The predicted molar refractivity (Wildman–Crippen MR) is 39.9 cm³/mol. The van der Waals surface area contributed by atoms with Crippen molar-refractivity contribution in [2.24, 2.45) is 0 Å². The maximum atomic E-state index is 10.3. The Kier molecular flexibility index (Phi) is 1.80. The Hall–Kier alpha value is -1.52. The molecule has 0 atom stereocenters. The van der Waals surface area contributed by atoms with E-state index in [0.29, 0.717) is 5.95 Å². The van der Waals surface area contributed by atoms with Gasteiger partial charge in [0.1, 0.15) is 5.69 Å². The molecule has 11 heavy (non-hydrogen) atoms. The van der Waals surface area contributed by atoms with Crippen molar-refractivity contribution in [1.29, 1.82) is 0 Å². The average Bonchev–Trinajstić information content (AvgIpc) is 2.33. The van der Waals surface area contributed by atoms with Gasteiger partial charge in [0.15, 0.2) is 0 Å². The molecule has 0 aliphatic rings. The van der Waals surface area contributed by atoms with Crippen LogP contribution < -0.4 is 4.90 Å². The van der Waals surface area contributed by atoms with Crippen LogP contribution in [0.25, 0.3) is 0 Å². The van der Waals surface area contributed by atoms with Crippen LogP contribution in [0.15, 0.2) is 6.20 Å². The van der Waals surface area contributed by atoms with E-state index in [2.05, 4.69) is 9.97 Å². The van der Waals surface area contributed by atoms with Crippen molar-refractivity contribution in [3.8, 4) is 0 Å². The molecule has 0 unspecified atom stereocenters. The highest BCUT2D eigenvalue weighted by molar-refractivity contribution is 5.85. The number of nitrogens with zero attached hydrogens (tertiary/aromatic N) is 2. The topological polar surface area (TPSA) is 69.2 Å². The van der Waals surface area contributed by atoms with Crippen molar-refractivity contribution >= 4 is 11.9 Å². The van der Waals surface area contributed by atoms with Gasteiger partial charge in [0.25, 0.3) is 0 Å². The van der Waals surface area contributed by atoms with Crippen LogP contribution in [0.2, 0.25) is 0 Å². The monoisotopic (exact) mass is 155 g/mol. The molecule has 1 heterocycles. The van der Waals surface area contributed by atoms with Crippen LogP contribution in [-0.2, 0) is 0 Å². The quantitative estimate of drug-likeness (QED) is 0.639.